The number of nitrogens with zero attached hydrogens (tertiary/aromatic N) is 2. The Morgan fingerprint density at radius 3 is 2.25 bits per heavy atom. The van der Waals surface area contributed by atoms with Crippen LogP contribution in [0.2, 0.25) is 0 Å². The average molecular weight is 798 g/mol. The lowest BCUT2D eigenvalue weighted by atomic mass is 9.92. The number of carbonyl (C=O) groups excluding carboxylic acids is 5. The number of thiazole rings is 1. The molecule has 296 valence electrons. The molecule has 55 heavy (non-hydrogen) atoms. The molecule has 17 heteroatoms. The number of phosphoric acid groups is 1. The second-order valence-corrected chi connectivity index (χ2v) is 17.0. The molecule has 0 spiro atoms. The standard InChI is InChI=1S/C38H48N5O10PS/c1-23(2)17-28(33(44)38(4)22-52-38)41-35(46)30(19-26-13-9-6-10-14-26)43-24(3)18-29(37(43)48)42-34(45)27(16-15-25-11-7-5-8-12-25)40-36(47)31-20-39-32(55-31)21-53-54(49,50)51/h5-14,20,23-24,27-30H,15-19,21-22H2,1-4H3,(H,40,47)(H,41,46)(H,42,45)(H2,49,50,51)/t24?,27-,28-,29-,30-,38?/m0/s1. The number of aryl methyl sites for hydroxylation is 1. The summed E-state index contributed by atoms with van der Waals surface area (Å²) in [6.45, 7) is 7.18. The van der Waals surface area contributed by atoms with E-state index in [1.807, 2.05) is 74.5 Å². The lowest BCUT2D eigenvalue weighted by Crippen LogP contribution is -2.57. The number of ketones is 1. The van der Waals surface area contributed by atoms with Crippen molar-refractivity contribution in [3.63, 3.8) is 0 Å². The normalized spacial score (nSPS) is 21.1. The Balaban J connectivity index is 1.33. The van der Waals surface area contributed by atoms with Gasteiger partial charge >= 0.3 is 7.82 Å². The van der Waals surface area contributed by atoms with Gasteiger partial charge < -0.3 is 35.4 Å². The van der Waals surface area contributed by atoms with E-state index in [1.165, 1.54) is 11.1 Å². The number of hydrogen-bond acceptors (Lipinski definition) is 10. The molecular formula is C38H48N5O10PS. The SMILES string of the molecule is CC(C)C[C@H](NC(=O)[C@H](Cc1ccccc1)N1C(=O)[C@@H](NC(=O)[C@H](CCc2ccccc2)NC(=O)c2cnc(COP(=O)(O)O)s2)CC1C)C(=O)C1(C)CO1. The summed E-state index contributed by atoms with van der Waals surface area (Å²) in [5, 5.41) is 8.65. The fraction of sp³-hybridized carbons (Fsp3) is 0.474. The van der Waals surface area contributed by atoms with Crippen molar-refractivity contribution in [2.45, 2.75) is 102 Å². The van der Waals surface area contributed by atoms with Crippen molar-refractivity contribution in [3.05, 3.63) is 87.9 Å². The molecule has 15 nitrogen and oxygen atoms in total. The van der Waals surface area contributed by atoms with Crippen LogP contribution in [0.5, 0.6) is 0 Å². The van der Waals surface area contributed by atoms with Gasteiger partial charge in [0.05, 0.1) is 18.8 Å². The molecule has 0 saturated carbocycles. The van der Waals surface area contributed by atoms with Gasteiger partial charge in [-0.15, -0.1) is 11.3 Å². The average Bonchev–Trinajstić information content (AvgIpc) is 3.59. The molecule has 2 aromatic carbocycles. The number of aromatic nitrogens is 1. The highest BCUT2D eigenvalue weighted by molar-refractivity contribution is 7.46. The van der Waals surface area contributed by atoms with Crippen molar-refractivity contribution < 1.29 is 47.6 Å². The van der Waals surface area contributed by atoms with E-state index in [-0.39, 0.29) is 47.5 Å². The maximum Gasteiger partial charge on any atom is 0.469 e. The minimum atomic E-state index is -4.76. The summed E-state index contributed by atoms with van der Waals surface area (Å²) in [4.78, 5) is 92.7. The number of hydrogen-bond donors (Lipinski definition) is 5. The largest absolute Gasteiger partial charge is 0.469 e. The van der Waals surface area contributed by atoms with E-state index in [4.69, 9.17) is 14.5 Å². The van der Waals surface area contributed by atoms with Gasteiger partial charge in [-0.2, -0.15) is 0 Å². The van der Waals surface area contributed by atoms with Crippen LogP contribution in [0.3, 0.4) is 0 Å². The van der Waals surface area contributed by atoms with E-state index in [0.717, 1.165) is 22.5 Å². The molecule has 2 aliphatic heterocycles. The van der Waals surface area contributed by atoms with E-state index >= 15 is 0 Å². The van der Waals surface area contributed by atoms with Gasteiger partial charge in [-0.25, -0.2) is 9.55 Å². The maximum absolute atomic E-state index is 14.2. The van der Waals surface area contributed by atoms with Crippen LogP contribution in [0.25, 0.3) is 0 Å². The smallest absolute Gasteiger partial charge is 0.361 e. The molecular weight excluding hydrogens is 749 g/mol. The van der Waals surface area contributed by atoms with Crippen LogP contribution >= 0.6 is 19.2 Å². The van der Waals surface area contributed by atoms with Gasteiger partial charge in [-0.05, 0) is 56.6 Å². The number of benzene rings is 2. The summed E-state index contributed by atoms with van der Waals surface area (Å²) < 4.78 is 21.0. The monoisotopic (exact) mass is 797 g/mol. The fourth-order valence-electron chi connectivity index (χ4n) is 6.63. The Bertz CT molecular complexity index is 1880. The molecule has 3 aromatic rings. The third kappa shape index (κ3) is 11.6. The molecule has 1 aromatic heterocycles. The molecule has 3 heterocycles. The molecule has 5 rings (SSSR count). The number of Topliss-reactive ketones (excluding diaryl/α,β-unsaturated/α-hetero) is 1. The molecule has 2 unspecified atom stereocenters. The number of carbonyl (C=O) groups is 5. The van der Waals surface area contributed by atoms with Gasteiger partial charge in [-0.3, -0.25) is 28.5 Å². The number of likely N-dealkylation sites (tertiary alicyclic amines) is 1. The Labute approximate surface area is 323 Å². The Kier molecular flexibility index (Phi) is 13.8. The first-order valence-corrected chi connectivity index (χ1v) is 20.5. The maximum atomic E-state index is 14.2. The Morgan fingerprint density at radius 2 is 1.65 bits per heavy atom. The Morgan fingerprint density at radius 1 is 1.02 bits per heavy atom. The van der Waals surface area contributed by atoms with Gasteiger partial charge in [0.2, 0.25) is 17.7 Å². The summed E-state index contributed by atoms with van der Waals surface area (Å²) in [5.74, 6) is -2.32. The lowest BCUT2D eigenvalue weighted by molar-refractivity contribution is -0.142. The van der Waals surface area contributed by atoms with Crippen LogP contribution in [0.15, 0.2) is 66.9 Å². The van der Waals surface area contributed by atoms with E-state index in [0.29, 0.717) is 12.8 Å². The van der Waals surface area contributed by atoms with Crippen molar-refractivity contribution in [1.29, 1.82) is 0 Å². The van der Waals surface area contributed by atoms with Crippen molar-refractivity contribution in [3.8, 4) is 0 Å². The highest BCUT2D eigenvalue weighted by Gasteiger charge is 2.51. The quantitative estimate of drug-likeness (QED) is 0.0878. The second kappa shape index (κ2) is 18.1. The molecule has 6 atom stereocenters. The number of rotatable bonds is 19. The zero-order chi connectivity index (χ0) is 39.9. The van der Waals surface area contributed by atoms with Crippen molar-refractivity contribution in [2.24, 2.45) is 5.92 Å². The van der Waals surface area contributed by atoms with Crippen molar-refractivity contribution in [1.82, 2.24) is 25.8 Å². The van der Waals surface area contributed by atoms with Crippen LogP contribution in [0.1, 0.15) is 72.8 Å². The Hall–Kier alpha value is -4.31. The molecule has 0 aliphatic carbocycles. The molecule has 2 fully saturated rings. The molecule has 5 N–H and O–H groups in total. The van der Waals surface area contributed by atoms with Crippen LogP contribution in [0, 0.1) is 5.92 Å². The van der Waals surface area contributed by atoms with Crippen LogP contribution < -0.4 is 16.0 Å². The lowest BCUT2D eigenvalue weighted by Gasteiger charge is -2.33. The van der Waals surface area contributed by atoms with Gasteiger partial charge in [0.15, 0.2) is 5.78 Å². The number of epoxide rings is 1. The molecule has 0 bridgehead atoms. The molecule has 4 amide bonds. The molecule has 0 radical (unpaired) electrons. The number of ether oxygens (including phenoxy) is 1. The van der Waals surface area contributed by atoms with Crippen molar-refractivity contribution >= 4 is 48.6 Å². The summed E-state index contributed by atoms with van der Waals surface area (Å²) in [5.41, 5.74) is 0.776. The minimum absolute atomic E-state index is 0.0878. The second-order valence-electron chi connectivity index (χ2n) is 14.6. The zero-order valence-corrected chi connectivity index (χ0v) is 32.9. The number of phosphoric ester groups is 1. The fourth-order valence-corrected chi connectivity index (χ4v) is 7.74. The number of nitrogens with one attached hydrogen (secondary N) is 3. The van der Waals surface area contributed by atoms with Gasteiger partial charge in [-0.1, -0.05) is 74.5 Å². The zero-order valence-electron chi connectivity index (χ0n) is 31.2. The third-order valence-electron chi connectivity index (χ3n) is 9.59. The van der Waals surface area contributed by atoms with E-state index in [1.54, 1.807) is 13.8 Å². The first kappa shape index (κ1) is 41.8. The first-order valence-electron chi connectivity index (χ1n) is 18.2. The first-order chi connectivity index (χ1) is 26.0. The van der Waals surface area contributed by atoms with Crippen LogP contribution in [-0.4, -0.2) is 91.5 Å². The summed E-state index contributed by atoms with van der Waals surface area (Å²) in [6, 6.07) is 14.2. The van der Waals surface area contributed by atoms with E-state index in [2.05, 4.69) is 25.5 Å². The minimum Gasteiger partial charge on any atom is -0.361 e. The summed E-state index contributed by atoms with van der Waals surface area (Å²) >= 11 is 0.854. The highest BCUT2D eigenvalue weighted by atomic mass is 32.1. The third-order valence-corrected chi connectivity index (χ3v) is 11.0. The predicted molar refractivity (Wildman–Crippen MR) is 203 cm³/mol. The summed E-state index contributed by atoms with van der Waals surface area (Å²) in [6.07, 6.45) is 2.58. The van der Waals surface area contributed by atoms with E-state index < -0.39 is 73.9 Å². The van der Waals surface area contributed by atoms with Crippen molar-refractivity contribution in [2.75, 3.05) is 6.61 Å². The van der Waals surface area contributed by atoms with Gasteiger partial charge in [0.25, 0.3) is 5.91 Å². The van der Waals surface area contributed by atoms with Gasteiger partial charge in [0, 0.05) is 12.5 Å². The van der Waals surface area contributed by atoms with Crippen LogP contribution in [-0.2, 0) is 52.5 Å². The highest BCUT2D eigenvalue weighted by Crippen LogP contribution is 2.37. The van der Waals surface area contributed by atoms with E-state index in [9.17, 15) is 28.5 Å². The summed E-state index contributed by atoms with van der Waals surface area (Å²) in [7, 11) is -4.76. The predicted octanol–water partition coefficient (Wildman–Crippen LogP) is 3.09. The van der Waals surface area contributed by atoms with Crippen LogP contribution in [0.4, 0.5) is 0 Å². The van der Waals surface area contributed by atoms with Gasteiger partial charge in [0.1, 0.15) is 40.2 Å². The number of amides is 4. The molecule has 2 saturated heterocycles. The molecule has 2 aliphatic rings. The topological polar surface area (TPSA) is 217 Å².